The molecule has 0 spiro atoms. The highest BCUT2D eigenvalue weighted by molar-refractivity contribution is 6.04. The zero-order valence-corrected chi connectivity index (χ0v) is 14.5. The van der Waals surface area contributed by atoms with E-state index < -0.39 is 17.9 Å². The summed E-state index contributed by atoms with van der Waals surface area (Å²) >= 11 is 0. The van der Waals surface area contributed by atoms with Crippen molar-refractivity contribution in [2.24, 2.45) is 16.5 Å². The van der Waals surface area contributed by atoms with Gasteiger partial charge < -0.3 is 27.0 Å². The van der Waals surface area contributed by atoms with Gasteiger partial charge in [-0.15, -0.1) is 0 Å². The topological polar surface area (TPSA) is 164 Å². The Morgan fingerprint density at radius 1 is 1.07 bits per heavy atom. The van der Waals surface area contributed by atoms with Gasteiger partial charge in [0.15, 0.2) is 17.8 Å². The molecule has 1 amide bonds. The number of aliphatic imine (C=N–C) groups is 1. The number of amides is 1. The zero-order valence-electron chi connectivity index (χ0n) is 14.5. The van der Waals surface area contributed by atoms with E-state index in [0.717, 1.165) is 0 Å². The summed E-state index contributed by atoms with van der Waals surface area (Å²) in [6.07, 6.45) is 1.19. The van der Waals surface area contributed by atoms with Crippen LogP contribution in [0, 0.1) is 0 Å². The number of carbonyl (C=O) groups excluding carboxylic acids is 1. The summed E-state index contributed by atoms with van der Waals surface area (Å²) in [4.78, 5) is 32.1. The molecular formula is C19H17N5O4. The summed E-state index contributed by atoms with van der Waals surface area (Å²) in [5, 5.41) is 22.7. The van der Waals surface area contributed by atoms with E-state index in [0.29, 0.717) is 16.3 Å². The fourth-order valence-electron chi connectivity index (χ4n) is 2.71. The third kappa shape index (κ3) is 3.83. The molecule has 1 atom stereocenters. The van der Waals surface area contributed by atoms with Crippen molar-refractivity contribution in [3.63, 3.8) is 0 Å². The molecule has 3 aromatic rings. The van der Waals surface area contributed by atoms with Crippen molar-refractivity contribution in [1.29, 1.82) is 0 Å². The van der Waals surface area contributed by atoms with Gasteiger partial charge in [0.25, 0.3) is 5.91 Å². The van der Waals surface area contributed by atoms with Crippen LogP contribution in [0.5, 0.6) is 5.75 Å². The minimum Gasteiger partial charge on any atom is -0.506 e. The minimum atomic E-state index is -1.22. The van der Waals surface area contributed by atoms with Gasteiger partial charge in [-0.25, -0.2) is 9.78 Å². The molecule has 0 saturated heterocycles. The molecule has 1 unspecified atom stereocenters. The molecule has 9 nitrogen and oxygen atoms in total. The molecule has 2 aromatic carbocycles. The second kappa shape index (κ2) is 7.62. The Morgan fingerprint density at radius 3 is 2.43 bits per heavy atom. The largest absolute Gasteiger partial charge is 0.506 e. The summed E-state index contributed by atoms with van der Waals surface area (Å²) in [6.45, 7) is 0. The molecule has 142 valence electrons. The number of carbonyl (C=O) groups is 2. The Balaban J connectivity index is 1.99. The molecule has 0 aliphatic heterocycles. The highest BCUT2D eigenvalue weighted by atomic mass is 16.4. The SMILES string of the molecule is NC(N)=Nc1ncc(O)c2ccc(C(=O)NC(C(=O)O)c3ccccc3)cc12. The monoisotopic (exact) mass is 379 g/mol. The van der Waals surface area contributed by atoms with E-state index in [9.17, 15) is 19.8 Å². The number of fused-ring (bicyclic) bond motifs is 1. The maximum Gasteiger partial charge on any atom is 0.330 e. The number of carboxylic acid groups (broad SMARTS) is 1. The number of hydrogen-bond donors (Lipinski definition) is 5. The third-order valence-electron chi connectivity index (χ3n) is 4.00. The summed E-state index contributed by atoms with van der Waals surface area (Å²) in [6, 6.07) is 11.5. The Morgan fingerprint density at radius 2 is 1.79 bits per heavy atom. The van der Waals surface area contributed by atoms with Crippen LogP contribution in [0.25, 0.3) is 10.8 Å². The number of benzene rings is 2. The number of aromatic hydroxyl groups is 1. The average molecular weight is 379 g/mol. The highest BCUT2D eigenvalue weighted by Gasteiger charge is 2.23. The molecule has 0 saturated carbocycles. The molecule has 9 heteroatoms. The lowest BCUT2D eigenvalue weighted by Crippen LogP contribution is -2.33. The Labute approximate surface area is 159 Å². The predicted molar refractivity (Wildman–Crippen MR) is 103 cm³/mol. The summed E-state index contributed by atoms with van der Waals surface area (Å²) < 4.78 is 0. The van der Waals surface area contributed by atoms with E-state index in [4.69, 9.17) is 11.5 Å². The van der Waals surface area contributed by atoms with Crippen molar-refractivity contribution >= 4 is 34.4 Å². The molecule has 0 fully saturated rings. The van der Waals surface area contributed by atoms with Gasteiger partial charge in [-0.05, 0) is 23.8 Å². The molecule has 7 N–H and O–H groups in total. The predicted octanol–water partition coefficient (Wildman–Crippen LogP) is 1.40. The lowest BCUT2D eigenvalue weighted by molar-refractivity contribution is -0.139. The number of nitrogens with one attached hydrogen (secondary N) is 1. The first-order valence-corrected chi connectivity index (χ1v) is 8.17. The van der Waals surface area contributed by atoms with Gasteiger partial charge in [0.2, 0.25) is 0 Å². The smallest absolute Gasteiger partial charge is 0.330 e. The molecular weight excluding hydrogens is 362 g/mol. The number of aliphatic carboxylic acids is 1. The minimum absolute atomic E-state index is 0.107. The molecule has 28 heavy (non-hydrogen) atoms. The van der Waals surface area contributed by atoms with Gasteiger partial charge >= 0.3 is 5.97 Å². The van der Waals surface area contributed by atoms with Crippen molar-refractivity contribution < 1.29 is 19.8 Å². The number of nitrogens with two attached hydrogens (primary N) is 2. The first-order chi connectivity index (χ1) is 13.4. The lowest BCUT2D eigenvalue weighted by atomic mass is 10.0. The average Bonchev–Trinajstić information content (AvgIpc) is 2.68. The van der Waals surface area contributed by atoms with Gasteiger partial charge in [-0.1, -0.05) is 30.3 Å². The summed E-state index contributed by atoms with van der Waals surface area (Å²) in [5.74, 6) is -2.02. The van der Waals surface area contributed by atoms with E-state index in [1.807, 2.05) is 0 Å². The highest BCUT2D eigenvalue weighted by Crippen LogP contribution is 2.31. The third-order valence-corrected chi connectivity index (χ3v) is 4.00. The number of pyridine rings is 1. The summed E-state index contributed by atoms with van der Waals surface area (Å²) in [5.41, 5.74) is 11.4. The Kier molecular flexibility index (Phi) is 5.07. The Bertz CT molecular complexity index is 1080. The van der Waals surface area contributed by atoms with Crippen molar-refractivity contribution in [2.45, 2.75) is 6.04 Å². The number of hydrogen-bond acceptors (Lipinski definition) is 5. The van der Waals surface area contributed by atoms with Gasteiger partial charge in [0, 0.05) is 16.3 Å². The summed E-state index contributed by atoms with van der Waals surface area (Å²) in [7, 11) is 0. The zero-order chi connectivity index (χ0) is 20.3. The number of aromatic nitrogens is 1. The first-order valence-electron chi connectivity index (χ1n) is 8.17. The molecule has 0 aliphatic carbocycles. The van der Waals surface area contributed by atoms with Gasteiger partial charge in [0.05, 0.1) is 6.20 Å². The standard InChI is InChI=1S/C19H17N5O4/c20-19(21)24-16-13-8-11(6-7-12(13)14(25)9-22-16)17(26)23-15(18(27)28)10-4-2-1-3-5-10/h1-9,15,25H,(H,23,26)(H,27,28)(H4,20,21,22,24). The van der Waals surface area contributed by atoms with E-state index in [1.54, 1.807) is 30.3 Å². The first kappa shape index (κ1) is 18.6. The van der Waals surface area contributed by atoms with Crippen LogP contribution >= 0.6 is 0 Å². The molecule has 3 rings (SSSR count). The molecule has 0 bridgehead atoms. The van der Waals surface area contributed by atoms with Crippen molar-refractivity contribution in [2.75, 3.05) is 0 Å². The van der Waals surface area contributed by atoms with E-state index in [2.05, 4.69) is 15.3 Å². The number of nitrogens with zero attached hydrogens (tertiary/aromatic N) is 2. The van der Waals surface area contributed by atoms with Crippen molar-refractivity contribution in [3.05, 3.63) is 65.9 Å². The molecule has 1 aromatic heterocycles. The number of carboxylic acids is 1. The van der Waals surface area contributed by atoms with E-state index in [1.165, 1.54) is 24.4 Å². The molecule has 1 heterocycles. The number of guanidine groups is 1. The van der Waals surface area contributed by atoms with Crippen molar-refractivity contribution in [1.82, 2.24) is 10.3 Å². The van der Waals surface area contributed by atoms with E-state index in [-0.39, 0.29) is 23.1 Å². The van der Waals surface area contributed by atoms with Gasteiger partial charge in [-0.2, -0.15) is 4.99 Å². The normalized spacial score (nSPS) is 11.6. The quantitative estimate of drug-likeness (QED) is 0.330. The van der Waals surface area contributed by atoms with Crippen LogP contribution in [0.3, 0.4) is 0 Å². The second-order valence-corrected chi connectivity index (χ2v) is 5.92. The fraction of sp³-hybridized carbons (Fsp3) is 0.0526. The van der Waals surface area contributed by atoms with Crippen LogP contribution in [-0.4, -0.2) is 33.0 Å². The van der Waals surface area contributed by atoms with Crippen LogP contribution < -0.4 is 16.8 Å². The fourth-order valence-corrected chi connectivity index (χ4v) is 2.71. The maximum absolute atomic E-state index is 12.7. The molecule has 0 aliphatic rings. The lowest BCUT2D eigenvalue weighted by Gasteiger charge is -2.15. The second-order valence-electron chi connectivity index (χ2n) is 5.92. The Hall–Kier alpha value is -4.14. The van der Waals surface area contributed by atoms with E-state index >= 15 is 0 Å². The van der Waals surface area contributed by atoms with Gasteiger partial charge in [0.1, 0.15) is 5.75 Å². The van der Waals surface area contributed by atoms with Crippen LogP contribution in [0.2, 0.25) is 0 Å². The van der Waals surface area contributed by atoms with Crippen LogP contribution in [-0.2, 0) is 4.79 Å². The molecule has 0 radical (unpaired) electrons. The number of rotatable bonds is 5. The maximum atomic E-state index is 12.7. The van der Waals surface area contributed by atoms with Crippen LogP contribution in [0.15, 0.2) is 59.7 Å². The van der Waals surface area contributed by atoms with Crippen LogP contribution in [0.4, 0.5) is 5.82 Å². The van der Waals surface area contributed by atoms with Crippen LogP contribution in [0.1, 0.15) is 22.0 Å². The van der Waals surface area contributed by atoms with Gasteiger partial charge in [-0.3, -0.25) is 4.79 Å². The van der Waals surface area contributed by atoms with Crippen molar-refractivity contribution in [3.8, 4) is 5.75 Å².